The molecule has 8 heteroatoms. The third kappa shape index (κ3) is 3.66. The van der Waals surface area contributed by atoms with E-state index in [0.717, 1.165) is 35.4 Å². The average Bonchev–Trinajstić information content (AvgIpc) is 3.02. The first-order valence-electron chi connectivity index (χ1n) is 7.99. The molecule has 0 unspecified atom stereocenters. The van der Waals surface area contributed by atoms with Crippen LogP contribution >= 0.6 is 11.8 Å². The highest BCUT2D eigenvalue weighted by molar-refractivity contribution is 7.98. The number of H-pyrrole nitrogens is 1. The molecule has 2 atom stereocenters. The van der Waals surface area contributed by atoms with Gasteiger partial charge in [0.1, 0.15) is 17.9 Å². The van der Waals surface area contributed by atoms with Crippen molar-refractivity contribution in [3.05, 3.63) is 18.1 Å². The molecule has 0 saturated carbocycles. The Hall–Kier alpha value is -1.35. The minimum Gasteiger partial charge on any atom is -0.382 e. The number of fused-ring (bicyclic) bond motifs is 1. The van der Waals surface area contributed by atoms with Gasteiger partial charge in [-0.15, -0.1) is 0 Å². The van der Waals surface area contributed by atoms with Gasteiger partial charge in [0.05, 0.1) is 11.6 Å². The van der Waals surface area contributed by atoms with Gasteiger partial charge in [0, 0.05) is 30.6 Å². The molecule has 1 aliphatic heterocycles. The summed E-state index contributed by atoms with van der Waals surface area (Å²) < 4.78 is 12.1. The van der Waals surface area contributed by atoms with Gasteiger partial charge in [-0.1, -0.05) is 0 Å². The molecule has 132 valence electrons. The van der Waals surface area contributed by atoms with Crippen LogP contribution in [0.2, 0.25) is 0 Å². The average molecular weight is 351 g/mol. The lowest BCUT2D eigenvalue weighted by atomic mass is 10.2. The van der Waals surface area contributed by atoms with E-state index in [9.17, 15) is 0 Å². The summed E-state index contributed by atoms with van der Waals surface area (Å²) >= 11 is 1.78. The van der Waals surface area contributed by atoms with E-state index < -0.39 is 5.79 Å². The van der Waals surface area contributed by atoms with E-state index in [2.05, 4.69) is 33.2 Å². The molecule has 0 bridgehead atoms. The van der Waals surface area contributed by atoms with Gasteiger partial charge in [0.25, 0.3) is 0 Å². The Morgan fingerprint density at radius 3 is 2.83 bits per heavy atom. The number of aromatic amines is 1. The molecule has 3 N–H and O–H groups in total. The topological polar surface area (TPSA) is 89.3 Å². The van der Waals surface area contributed by atoms with Crippen LogP contribution in [-0.4, -0.2) is 63.4 Å². The van der Waals surface area contributed by atoms with E-state index in [1.165, 1.54) is 6.33 Å². The second-order valence-corrected chi connectivity index (χ2v) is 7.57. The maximum Gasteiger partial charge on any atom is 0.163 e. The van der Waals surface area contributed by atoms with Crippen molar-refractivity contribution in [2.24, 2.45) is 0 Å². The number of nitrogens with zero attached hydrogens (tertiary/aromatic N) is 3. The summed E-state index contributed by atoms with van der Waals surface area (Å²) in [6.07, 6.45) is 5.70. The normalized spacial score (nSPS) is 23.4. The summed E-state index contributed by atoms with van der Waals surface area (Å²) in [6, 6.07) is 0. The van der Waals surface area contributed by atoms with Crippen molar-refractivity contribution < 1.29 is 9.47 Å². The zero-order chi connectivity index (χ0) is 17.3. The lowest BCUT2D eigenvalue weighted by Crippen LogP contribution is -2.36. The molecule has 1 saturated heterocycles. The minimum absolute atomic E-state index is 0.0577. The summed E-state index contributed by atoms with van der Waals surface area (Å²) in [4.78, 5) is 13.7. The van der Waals surface area contributed by atoms with Crippen LogP contribution in [0.5, 0.6) is 0 Å². The minimum atomic E-state index is -0.519. The van der Waals surface area contributed by atoms with Crippen LogP contribution < -0.4 is 5.73 Å². The largest absolute Gasteiger partial charge is 0.382 e. The summed E-state index contributed by atoms with van der Waals surface area (Å²) in [5.41, 5.74) is 8.65. The molecule has 0 aromatic carbocycles. The van der Waals surface area contributed by atoms with Crippen LogP contribution in [0, 0.1) is 0 Å². The number of hydrogen-bond acceptors (Lipinski definition) is 7. The van der Waals surface area contributed by atoms with Crippen molar-refractivity contribution in [1.29, 1.82) is 0 Å². The molecule has 7 nitrogen and oxygen atoms in total. The Bertz CT molecular complexity index is 705. The van der Waals surface area contributed by atoms with E-state index in [1.807, 2.05) is 20.0 Å². The summed E-state index contributed by atoms with van der Waals surface area (Å²) in [6.45, 7) is 5.49. The molecule has 0 aliphatic carbocycles. The molecule has 0 spiro atoms. The maximum absolute atomic E-state index is 6.08. The van der Waals surface area contributed by atoms with Gasteiger partial charge in [-0.2, -0.15) is 11.8 Å². The zero-order valence-corrected chi connectivity index (χ0v) is 15.4. The second-order valence-electron chi connectivity index (χ2n) is 6.66. The van der Waals surface area contributed by atoms with E-state index >= 15 is 0 Å². The SMILES string of the molecule is CSC[C@H]1OC(C)(C)O[C@@H]1CN(C)Cc1c[nH]c2c(N)ncnc12. The molecule has 0 amide bonds. The highest BCUT2D eigenvalue weighted by atomic mass is 32.2. The molecule has 1 aliphatic rings. The number of aromatic nitrogens is 3. The lowest BCUT2D eigenvalue weighted by molar-refractivity contribution is -0.145. The Morgan fingerprint density at radius 1 is 1.33 bits per heavy atom. The molecule has 3 heterocycles. The van der Waals surface area contributed by atoms with Crippen molar-refractivity contribution in [1.82, 2.24) is 19.9 Å². The first kappa shape index (κ1) is 17.5. The number of nitrogens with two attached hydrogens (primary N) is 1. The van der Waals surface area contributed by atoms with Gasteiger partial charge >= 0.3 is 0 Å². The van der Waals surface area contributed by atoms with E-state index in [1.54, 1.807) is 11.8 Å². The number of thioether (sulfide) groups is 1. The third-order valence-corrected chi connectivity index (χ3v) is 4.78. The smallest absolute Gasteiger partial charge is 0.163 e. The monoisotopic (exact) mass is 351 g/mol. The number of likely N-dealkylation sites (N-methyl/N-ethyl adjacent to an activating group) is 1. The van der Waals surface area contributed by atoms with Crippen LogP contribution in [0.3, 0.4) is 0 Å². The molecule has 3 rings (SSSR count). The van der Waals surface area contributed by atoms with Crippen LogP contribution in [-0.2, 0) is 16.0 Å². The van der Waals surface area contributed by atoms with E-state index in [-0.39, 0.29) is 12.2 Å². The van der Waals surface area contributed by atoms with Gasteiger partial charge in [-0.3, -0.25) is 4.90 Å². The predicted octanol–water partition coefficient (Wildman–Crippen LogP) is 1.85. The highest BCUT2D eigenvalue weighted by Crippen LogP contribution is 2.30. The Kier molecular flexibility index (Phi) is 5.00. The Labute approximate surface area is 146 Å². The number of nitrogens with one attached hydrogen (secondary N) is 1. The zero-order valence-electron chi connectivity index (χ0n) is 14.6. The summed E-state index contributed by atoms with van der Waals surface area (Å²) in [5, 5.41) is 0. The van der Waals surface area contributed by atoms with Crippen LogP contribution in [0.15, 0.2) is 12.5 Å². The van der Waals surface area contributed by atoms with Crippen molar-refractivity contribution >= 4 is 28.6 Å². The molecule has 2 aromatic heterocycles. The van der Waals surface area contributed by atoms with Crippen molar-refractivity contribution in [2.45, 2.75) is 38.4 Å². The molecular weight excluding hydrogens is 326 g/mol. The second kappa shape index (κ2) is 6.87. The number of nitrogen functional groups attached to an aromatic ring is 1. The van der Waals surface area contributed by atoms with Crippen molar-refractivity contribution in [2.75, 3.05) is 31.3 Å². The molecular formula is C16H25N5O2S. The fraction of sp³-hybridized carbons (Fsp3) is 0.625. The number of anilines is 1. The summed E-state index contributed by atoms with van der Waals surface area (Å²) in [5.74, 6) is 0.885. The number of ether oxygens (including phenoxy) is 2. The number of rotatable bonds is 6. The number of hydrogen-bond donors (Lipinski definition) is 2. The third-order valence-electron chi connectivity index (χ3n) is 4.12. The molecule has 2 aromatic rings. The van der Waals surface area contributed by atoms with Gasteiger partial charge in [-0.25, -0.2) is 9.97 Å². The first-order chi connectivity index (χ1) is 11.4. The maximum atomic E-state index is 6.08. The van der Waals surface area contributed by atoms with Gasteiger partial charge < -0.3 is 20.2 Å². The van der Waals surface area contributed by atoms with Crippen LogP contribution in [0.4, 0.5) is 5.82 Å². The van der Waals surface area contributed by atoms with Gasteiger partial charge in [-0.05, 0) is 27.2 Å². The quantitative estimate of drug-likeness (QED) is 0.821. The molecule has 1 fully saturated rings. The Balaban J connectivity index is 1.68. The predicted molar refractivity (Wildman–Crippen MR) is 96.8 cm³/mol. The van der Waals surface area contributed by atoms with Crippen LogP contribution in [0.25, 0.3) is 11.0 Å². The highest BCUT2D eigenvalue weighted by Gasteiger charge is 2.41. The molecule has 0 radical (unpaired) electrons. The standard InChI is InChI=1S/C16H25N5O2S/c1-16(2)22-11(12(23-16)8-24-4)7-21(3)6-10-5-18-14-13(10)19-9-20-15(14)17/h5,9,11-12,18H,6-8H2,1-4H3,(H2,17,19,20)/t11-,12-/m1/s1. The molecule has 24 heavy (non-hydrogen) atoms. The van der Waals surface area contributed by atoms with E-state index in [4.69, 9.17) is 15.2 Å². The fourth-order valence-electron chi connectivity index (χ4n) is 3.16. The Morgan fingerprint density at radius 2 is 2.08 bits per heavy atom. The van der Waals surface area contributed by atoms with Crippen LogP contribution in [0.1, 0.15) is 19.4 Å². The lowest BCUT2D eigenvalue weighted by Gasteiger charge is -2.23. The fourth-order valence-corrected chi connectivity index (χ4v) is 3.78. The van der Waals surface area contributed by atoms with Gasteiger partial charge in [0.15, 0.2) is 11.6 Å². The van der Waals surface area contributed by atoms with Crippen molar-refractivity contribution in [3.63, 3.8) is 0 Å². The van der Waals surface area contributed by atoms with Crippen molar-refractivity contribution in [3.8, 4) is 0 Å². The van der Waals surface area contributed by atoms with E-state index in [0.29, 0.717) is 5.82 Å². The van der Waals surface area contributed by atoms with Gasteiger partial charge in [0.2, 0.25) is 0 Å². The summed E-state index contributed by atoms with van der Waals surface area (Å²) in [7, 11) is 2.08. The first-order valence-corrected chi connectivity index (χ1v) is 9.38.